The summed E-state index contributed by atoms with van der Waals surface area (Å²) < 4.78 is 14.9. The van der Waals surface area contributed by atoms with Crippen molar-refractivity contribution in [1.82, 2.24) is 5.32 Å². The first kappa shape index (κ1) is 18.1. The fraction of sp³-hybridized carbons (Fsp3) is 0.750. The molecule has 0 aromatic carbocycles. The van der Waals surface area contributed by atoms with E-state index in [-0.39, 0.29) is 6.29 Å². The third kappa shape index (κ3) is 6.73. The summed E-state index contributed by atoms with van der Waals surface area (Å²) in [6, 6.07) is -1.61. The van der Waals surface area contributed by atoms with Gasteiger partial charge < -0.3 is 35.2 Å². The summed E-state index contributed by atoms with van der Waals surface area (Å²) in [4.78, 5) is 39.0. The first-order valence-corrected chi connectivity index (χ1v) is 6.58. The fourth-order valence-electron chi connectivity index (χ4n) is 1.25. The summed E-state index contributed by atoms with van der Waals surface area (Å²) in [5, 5.41) is 29.4. The maximum absolute atomic E-state index is 10.8. The molecule has 0 fully saturated rings. The van der Waals surface area contributed by atoms with Gasteiger partial charge in [-0.25, -0.2) is 4.57 Å². The number of phosphoric acid groups is 1. The van der Waals surface area contributed by atoms with Crippen molar-refractivity contribution in [3.8, 4) is 0 Å². The second-order valence-corrected chi connectivity index (χ2v) is 4.86. The Bertz CT molecular complexity index is 356. The standard InChI is InChI=1S/C8H16NO9P/c1-4(12)9-5(2-10)8(18-19(15,16)17)7(14)6(13)3-11/h2,5-8,11,13-14H,3H2,1H3,(H,9,12)(H2,15,16,17)/t5-,6+,7-,8+/m0/s1. The van der Waals surface area contributed by atoms with Crippen molar-refractivity contribution < 1.29 is 43.8 Å². The number of nitrogens with one attached hydrogen (secondary N) is 1. The molecule has 1 amide bonds. The first-order chi connectivity index (χ1) is 8.62. The van der Waals surface area contributed by atoms with Gasteiger partial charge in [0.15, 0.2) is 0 Å². The molecule has 6 N–H and O–H groups in total. The topological polar surface area (TPSA) is 174 Å². The van der Waals surface area contributed by atoms with Crippen LogP contribution in [-0.4, -0.2) is 68.3 Å². The molecule has 11 heteroatoms. The van der Waals surface area contributed by atoms with Crippen LogP contribution < -0.4 is 5.32 Å². The van der Waals surface area contributed by atoms with E-state index in [1.807, 2.05) is 5.32 Å². The van der Waals surface area contributed by atoms with Crippen LogP contribution in [0.15, 0.2) is 0 Å². The quantitative estimate of drug-likeness (QED) is 0.200. The van der Waals surface area contributed by atoms with E-state index in [9.17, 15) is 24.4 Å². The van der Waals surface area contributed by atoms with Gasteiger partial charge >= 0.3 is 7.82 Å². The summed E-state index contributed by atoms with van der Waals surface area (Å²) in [5.74, 6) is -0.720. The minimum absolute atomic E-state index is 0.0784. The van der Waals surface area contributed by atoms with E-state index < -0.39 is 44.7 Å². The number of aldehydes is 1. The molecule has 0 rings (SSSR count). The van der Waals surface area contributed by atoms with Gasteiger partial charge in [0.25, 0.3) is 0 Å². The van der Waals surface area contributed by atoms with E-state index in [0.29, 0.717) is 0 Å². The van der Waals surface area contributed by atoms with Crippen molar-refractivity contribution >= 4 is 20.0 Å². The van der Waals surface area contributed by atoms with Crippen LogP contribution in [0.25, 0.3) is 0 Å². The van der Waals surface area contributed by atoms with Crippen LogP contribution in [0.1, 0.15) is 6.92 Å². The predicted molar refractivity (Wildman–Crippen MR) is 59.7 cm³/mol. The summed E-state index contributed by atoms with van der Waals surface area (Å²) in [5.41, 5.74) is 0. The molecule has 0 aliphatic rings. The lowest BCUT2D eigenvalue weighted by Gasteiger charge is -2.29. The maximum atomic E-state index is 10.8. The van der Waals surface area contributed by atoms with Gasteiger partial charge in [-0.05, 0) is 0 Å². The van der Waals surface area contributed by atoms with Crippen LogP contribution in [0.4, 0.5) is 0 Å². The van der Waals surface area contributed by atoms with Crippen molar-refractivity contribution in [3.63, 3.8) is 0 Å². The molecule has 0 heterocycles. The molecular formula is C8H16NO9P. The zero-order valence-electron chi connectivity index (χ0n) is 9.91. The number of carbonyl (C=O) groups excluding carboxylic acids is 2. The third-order valence-corrected chi connectivity index (χ3v) is 2.57. The van der Waals surface area contributed by atoms with Crippen LogP contribution in [-0.2, 0) is 18.7 Å². The lowest BCUT2D eigenvalue weighted by Crippen LogP contribution is -2.54. The van der Waals surface area contributed by atoms with Gasteiger partial charge in [-0.15, -0.1) is 0 Å². The van der Waals surface area contributed by atoms with Crippen LogP contribution in [0.5, 0.6) is 0 Å². The Labute approximate surface area is 108 Å². The van der Waals surface area contributed by atoms with E-state index in [1.165, 1.54) is 0 Å². The minimum atomic E-state index is -5.10. The smallest absolute Gasteiger partial charge is 0.394 e. The Morgan fingerprint density at radius 1 is 1.42 bits per heavy atom. The van der Waals surface area contributed by atoms with Crippen LogP contribution in [0.2, 0.25) is 0 Å². The number of aliphatic hydroxyl groups is 3. The van der Waals surface area contributed by atoms with Crippen LogP contribution in [0.3, 0.4) is 0 Å². The number of hydrogen-bond donors (Lipinski definition) is 6. The molecule has 0 spiro atoms. The molecule has 0 aromatic rings. The van der Waals surface area contributed by atoms with E-state index in [0.717, 1.165) is 6.92 Å². The number of phosphoric ester groups is 1. The summed E-state index contributed by atoms with van der Waals surface area (Å²) in [6.07, 6.45) is -5.66. The zero-order valence-corrected chi connectivity index (χ0v) is 10.8. The lowest BCUT2D eigenvalue weighted by molar-refractivity contribution is -0.129. The van der Waals surface area contributed by atoms with Gasteiger partial charge in [0.05, 0.1) is 6.61 Å². The van der Waals surface area contributed by atoms with E-state index in [2.05, 4.69) is 4.52 Å². The largest absolute Gasteiger partial charge is 0.470 e. The maximum Gasteiger partial charge on any atom is 0.470 e. The zero-order chi connectivity index (χ0) is 15.2. The Balaban J connectivity index is 5.17. The molecule has 0 aromatic heterocycles. The molecule has 0 saturated carbocycles. The van der Waals surface area contributed by atoms with Gasteiger partial charge in [-0.2, -0.15) is 0 Å². The average molecular weight is 301 g/mol. The highest BCUT2D eigenvalue weighted by molar-refractivity contribution is 7.46. The molecule has 19 heavy (non-hydrogen) atoms. The Hall–Kier alpha value is -0.870. The third-order valence-electron chi connectivity index (χ3n) is 2.05. The molecule has 0 saturated heterocycles. The average Bonchev–Trinajstić information content (AvgIpc) is 2.29. The van der Waals surface area contributed by atoms with Gasteiger partial charge in [0.1, 0.15) is 30.6 Å². The molecule has 4 atom stereocenters. The molecule has 0 bridgehead atoms. The number of hydrogen-bond acceptors (Lipinski definition) is 7. The molecule has 0 unspecified atom stereocenters. The monoisotopic (exact) mass is 301 g/mol. The van der Waals surface area contributed by atoms with Crippen LogP contribution >= 0.6 is 7.82 Å². The second-order valence-electron chi connectivity index (χ2n) is 3.66. The number of rotatable bonds is 8. The van der Waals surface area contributed by atoms with Crippen molar-refractivity contribution in [2.24, 2.45) is 0 Å². The number of amides is 1. The SMILES string of the molecule is CC(=O)N[C@@H](C=O)[C@@H](OP(=O)(O)O)[C@@H](O)[C@H](O)CO. The van der Waals surface area contributed by atoms with Crippen molar-refractivity contribution in [2.75, 3.05) is 6.61 Å². The lowest BCUT2D eigenvalue weighted by atomic mass is 10.0. The molecule has 0 aliphatic heterocycles. The second kappa shape index (κ2) is 7.65. The summed E-state index contributed by atoms with van der Waals surface area (Å²) in [6.45, 7) is 0.0910. The number of aliphatic hydroxyl groups excluding tert-OH is 3. The van der Waals surface area contributed by atoms with Crippen LogP contribution in [0, 0.1) is 0 Å². The molecular weight excluding hydrogens is 285 g/mol. The van der Waals surface area contributed by atoms with E-state index in [1.54, 1.807) is 0 Å². The highest BCUT2D eigenvalue weighted by atomic mass is 31.2. The van der Waals surface area contributed by atoms with E-state index >= 15 is 0 Å². The van der Waals surface area contributed by atoms with Gasteiger partial charge in [0.2, 0.25) is 5.91 Å². The highest BCUT2D eigenvalue weighted by Crippen LogP contribution is 2.39. The minimum Gasteiger partial charge on any atom is -0.394 e. The Morgan fingerprint density at radius 3 is 2.26 bits per heavy atom. The van der Waals surface area contributed by atoms with Crippen molar-refractivity contribution in [1.29, 1.82) is 0 Å². The predicted octanol–water partition coefficient (Wildman–Crippen LogP) is -3.12. The Kier molecular flexibility index (Phi) is 7.30. The first-order valence-electron chi connectivity index (χ1n) is 5.05. The van der Waals surface area contributed by atoms with Gasteiger partial charge in [0, 0.05) is 6.92 Å². The molecule has 112 valence electrons. The number of carbonyl (C=O) groups is 2. The molecule has 0 aliphatic carbocycles. The normalized spacial score (nSPS) is 18.2. The van der Waals surface area contributed by atoms with E-state index in [4.69, 9.17) is 14.9 Å². The molecule has 0 radical (unpaired) electrons. The van der Waals surface area contributed by atoms with Gasteiger partial charge in [-0.1, -0.05) is 0 Å². The summed E-state index contributed by atoms with van der Waals surface area (Å²) in [7, 11) is -5.10. The highest BCUT2D eigenvalue weighted by Gasteiger charge is 2.38. The van der Waals surface area contributed by atoms with Gasteiger partial charge in [-0.3, -0.25) is 9.32 Å². The fourth-order valence-corrected chi connectivity index (χ4v) is 1.83. The Morgan fingerprint density at radius 2 is 1.95 bits per heavy atom. The summed E-state index contributed by atoms with van der Waals surface area (Å²) >= 11 is 0. The molecule has 10 nitrogen and oxygen atoms in total. The van der Waals surface area contributed by atoms with Crippen molar-refractivity contribution in [2.45, 2.75) is 31.3 Å². The van der Waals surface area contributed by atoms with Crippen molar-refractivity contribution in [3.05, 3.63) is 0 Å².